The minimum Gasteiger partial charge on any atom is -0.480 e. The predicted molar refractivity (Wildman–Crippen MR) is 198 cm³/mol. The molecule has 3 unspecified atom stereocenters. The lowest BCUT2D eigenvalue weighted by atomic mass is 9.93. The summed E-state index contributed by atoms with van der Waals surface area (Å²) in [5.41, 5.74) is 11.1. The monoisotopic (exact) mass is 792 g/mol. The van der Waals surface area contributed by atoms with E-state index in [2.05, 4.69) is 5.92 Å². The van der Waals surface area contributed by atoms with Crippen LogP contribution in [0.4, 0.5) is 21.5 Å². The Morgan fingerprint density at radius 1 is 1.11 bits per heavy atom. The number of amides is 2. The van der Waals surface area contributed by atoms with Crippen LogP contribution in [-0.2, 0) is 18.9 Å². The second kappa shape index (κ2) is 18.7. The fraction of sp³-hybridized carbons (Fsp3) is 0.286. The fourth-order valence-electron chi connectivity index (χ4n) is 4.88. The molecule has 0 spiro atoms. The molecule has 5 rings (SSSR count). The van der Waals surface area contributed by atoms with Gasteiger partial charge < -0.3 is 30.9 Å². The molecule has 0 saturated heterocycles. The molecule has 53 heavy (non-hydrogen) atoms. The first-order valence-corrected chi connectivity index (χ1v) is 18.9. The molecule has 2 aliphatic rings. The van der Waals surface area contributed by atoms with Crippen molar-refractivity contribution in [1.29, 1.82) is 0 Å². The van der Waals surface area contributed by atoms with Crippen LogP contribution in [0.25, 0.3) is 0 Å². The summed E-state index contributed by atoms with van der Waals surface area (Å²) in [7, 11) is -3.10. The number of rotatable bonds is 10. The van der Waals surface area contributed by atoms with Gasteiger partial charge in [-0.25, -0.2) is 9.29 Å². The number of anilines is 2. The average Bonchev–Trinajstić information content (AvgIpc) is 3.36. The smallest absolute Gasteiger partial charge is 0.320 e. The summed E-state index contributed by atoms with van der Waals surface area (Å²) in [6, 6.07) is 12.9. The zero-order valence-corrected chi connectivity index (χ0v) is 30.9. The van der Waals surface area contributed by atoms with E-state index in [9.17, 15) is 33.5 Å². The van der Waals surface area contributed by atoms with E-state index in [0.717, 1.165) is 23.8 Å². The molecule has 18 heteroatoms. The third kappa shape index (κ3) is 11.5. The van der Waals surface area contributed by atoms with Crippen molar-refractivity contribution in [2.24, 2.45) is 5.73 Å². The average molecular weight is 794 g/mol. The van der Waals surface area contributed by atoms with E-state index < -0.39 is 48.0 Å². The second-order valence-electron chi connectivity index (χ2n) is 11.8. The van der Waals surface area contributed by atoms with Gasteiger partial charge in [-0.05, 0) is 63.3 Å². The lowest BCUT2D eigenvalue weighted by molar-refractivity contribution is -0.383. The molecule has 0 saturated carbocycles. The minimum atomic E-state index is -3.10. The highest BCUT2D eigenvalue weighted by molar-refractivity contribution is 7.57. The number of nitrogens with zero attached hydrogens (tertiary/aromatic N) is 2. The number of imide groups is 1. The molecule has 0 aromatic heterocycles. The van der Waals surface area contributed by atoms with E-state index in [1.807, 2.05) is 6.07 Å². The van der Waals surface area contributed by atoms with Crippen molar-refractivity contribution in [2.75, 3.05) is 23.5 Å². The van der Waals surface area contributed by atoms with Crippen molar-refractivity contribution in [3.63, 3.8) is 0 Å². The molecule has 0 fully saturated rings. The molecule has 1 aliphatic carbocycles. The molecule has 0 radical (unpaired) electrons. The number of nitro benzene ring substituents is 1. The van der Waals surface area contributed by atoms with Crippen molar-refractivity contribution in [3.05, 3.63) is 91.7 Å². The molecule has 0 bridgehead atoms. The third-order valence-corrected chi connectivity index (χ3v) is 9.41. The number of terminal acetylenes is 1. The van der Waals surface area contributed by atoms with Crippen LogP contribution in [-0.4, -0.2) is 57.7 Å². The van der Waals surface area contributed by atoms with E-state index in [1.165, 1.54) is 24.9 Å². The Morgan fingerprint density at radius 2 is 1.70 bits per heavy atom. The van der Waals surface area contributed by atoms with E-state index >= 15 is 0 Å². The summed E-state index contributed by atoms with van der Waals surface area (Å²) in [6.45, 7) is 2.81. The number of ether oxygens (including phenoxy) is 2. The van der Waals surface area contributed by atoms with Gasteiger partial charge in [0.25, 0.3) is 17.5 Å². The molecular weight excluding hydrogens is 757 g/mol. The van der Waals surface area contributed by atoms with Crippen molar-refractivity contribution < 1.29 is 47.7 Å². The molecule has 6 N–H and O–H groups in total. The summed E-state index contributed by atoms with van der Waals surface area (Å²) < 4.78 is 36.0. The molecular formula is C35H36Cl2FN4O10P. The van der Waals surface area contributed by atoms with Gasteiger partial charge in [0.1, 0.15) is 39.8 Å². The number of carboxylic acids is 1. The van der Waals surface area contributed by atoms with E-state index in [4.69, 9.17) is 60.6 Å². The summed E-state index contributed by atoms with van der Waals surface area (Å²) in [4.78, 5) is 54.9. The van der Waals surface area contributed by atoms with Crippen molar-refractivity contribution in [2.45, 2.75) is 51.2 Å². The molecule has 1 aliphatic heterocycles. The second-order valence-corrected chi connectivity index (χ2v) is 15.1. The van der Waals surface area contributed by atoms with Gasteiger partial charge in [-0.2, -0.15) is 0 Å². The lowest BCUT2D eigenvalue weighted by Gasteiger charge is -2.19. The minimum absolute atomic E-state index is 0.0233. The van der Waals surface area contributed by atoms with Crippen LogP contribution in [0.2, 0.25) is 10.0 Å². The van der Waals surface area contributed by atoms with E-state index in [-0.39, 0.29) is 51.2 Å². The van der Waals surface area contributed by atoms with Crippen LogP contribution >= 0.6 is 30.6 Å². The van der Waals surface area contributed by atoms with E-state index in [1.54, 1.807) is 31.2 Å². The highest BCUT2D eigenvalue weighted by atomic mass is 35.5. The first kappa shape index (κ1) is 42.4. The maximum Gasteiger partial charge on any atom is 0.320 e. The Kier molecular flexibility index (Phi) is 15.0. The number of aliphatic carboxylic acids is 1. The summed E-state index contributed by atoms with van der Waals surface area (Å²) in [5, 5.41) is 19.0. The lowest BCUT2D eigenvalue weighted by Crippen LogP contribution is -2.32. The van der Waals surface area contributed by atoms with Gasteiger partial charge in [-0.3, -0.25) is 29.1 Å². The Labute approximate surface area is 314 Å². The number of nitrogen functional groups attached to an aromatic ring is 1. The van der Waals surface area contributed by atoms with Crippen molar-refractivity contribution >= 4 is 65.4 Å². The molecule has 2 amide bonds. The topological polar surface area (TPSA) is 226 Å². The Balaban J connectivity index is 0.000000231. The van der Waals surface area contributed by atoms with Crippen molar-refractivity contribution in [1.82, 2.24) is 0 Å². The fourth-order valence-corrected chi connectivity index (χ4v) is 6.03. The highest BCUT2D eigenvalue weighted by Crippen LogP contribution is 2.41. The molecule has 3 aromatic rings. The number of nitro groups is 1. The highest BCUT2D eigenvalue weighted by Gasteiger charge is 2.41. The Hall–Kier alpha value is -4.97. The van der Waals surface area contributed by atoms with Gasteiger partial charge in [0.15, 0.2) is 13.5 Å². The zero-order valence-electron chi connectivity index (χ0n) is 28.5. The number of hydrogen-bond acceptors (Lipinski definition) is 10. The summed E-state index contributed by atoms with van der Waals surface area (Å²) in [6.07, 6.45) is 7.47. The first-order valence-electron chi connectivity index (χ1n) is 15.8. The summed E-state index contributed by atoms with van der Waals surface area (Å²) in [5.74, 6) is 0.527. The van der Waals surface area contributed by atoms with Crippen molar-refractivity contribution in [3.8, 4) is 29.6 Å². The van der Waals surface area contributed by atoms with Crippen LogP contribution in [0.5, 0.6) is 17.2 Å². The molecule has 1 heterocycles. The van der Waals surface area contributed by atoms with Crippen LogP contribution in [0, 0.1) is 28.3 Å². The number of carbonyl (C=O) groups is 3. The number of nitrogens with two attached hydrogens (primary N) is 2. The molecule has 3 atom stereocenters. The van der Waals surface area contributed by atoms with E-state index in [0.29, 0.717) is 29.7 Å². The van der Waals surface area contributed by atoms with Crippen LogP contribution in [0.3, 0.4) is 0 Å². The van der Waals surface area contributed by atoms with Gasteiger partial charge in [0, 0.05) is 36.1 Å². The van der Waals surface area contributed by atoms with Crippen LogP contribution < -0.4 is 25.8 Å². The molecule has 3 aromatic carbocycles. The standard InChI is InChI=1S/C18H15ClFNO3.C12H9ClN2O3.C5H12NO4P/c1-3-10(2)24-16-9-15(14(20)8-13(16)19)21-17(22)11-6-4-5-7-12(11)18(21)23;13-11-10(18-8-4-2-1-3-5-8)7-6-9(12(11)14)15(16)17;1-11(9,10)3-2-4(6)5(7)8/h1,8-10H,4-7H2,2H3;1-7H,14H2;4H,2-3,6H2,1H3,(H,7,8)(H,9,10). The first-order chi connectivity index (χ1) is 24.9. The Bertz CT molecular complexity index is 1970. The zero-order chi connectivity index (χ0) is 39.6. The number of carboxylic acid groups (broad SMARTS) is 1. The molecule has 282 valence electrons. The maximum atomic E-state index is 14.4. The van der Waals surface area contributed by atoms with Gasteiger partial charge in [0.05, 0.1) is 15.6 Å². The van der Waals surface area contributed by atoms with Gasteiger partial charge in [-0.15, -0.1) is 6.42 Å². The predicted octanol–water partition coefficient (Wildman–Crippen LogP) is 6.93. The number of benzene rings is 3. The third-order valence-electron chi connectivity index (χ3n) is 7.63. The van der Waals surface area contributed by atoms with Crippen LogP contribution in [0.15, 0.2) is 65.7 Å². The number of carbonyl (C=O) groups excluding carboxylic acids is 2. The Morgan fingerprint density at radius 3 is 2.21 bits per heavy atom. The quantitative estimate of drug-likeness (QED) is 0.0409. The summed E-state index contributed by atoms with van der Waals surface area (Å²) >= 11 is 11.9. The SMILES string of the molecule is C#CC(C)Oc1cc(N2C(=O)C3=C(CCCC3)C2=O)c(F)cc1Cl.CP(=O)(O)CCC(N)C(=O)O.Nc1c([N+](=O)[O-])ccc(Oc2ccccc2)c1Cl. The maximum absolute atomic E-state index is 14.4. The van der Waals surface area contributed by atoms with Gasteiger partial charge >= 0.3 is 5.97 Å². The molecule has 14 nitrogen and oxygen atoms in total. The van der Waals surface area contributed by atoms with Crippen LogP contribution in [0.1, 0.15) is 39.0 Å². The van der Waals surface area contributed by atoms with Gasteiger partial charge in [0.2, 0.25) is 0 Å². The normalized spacial score (nSPS) is 15.7. The number of halogens is 3. The number of hydrogen-bond donors (Lipinski definition) is 4. The number of para-hydroxylation sites is 1. The largest absolute Gasteiger partial charge is 0.480 e. The van der Waals surface area contributed by atoms with Gasteiger partial charge in [-0.1, -0.05) is 47.3 Å².